The minimum Gasteiger partial charge on any atom is -0.479 e. The normalized spacial score (nSPS) is 21.1. The van der Waals surface area contributed by atoms with Crippen LogP contribution >= 0.6 is 0 Å². The van der Waals surface area contributed by atoms with E-state index < -0.39 is 11.5 Å². The Bertz CT molecular complexity index is 729. The Morgan fingerprint density at radius 1 is 1.41 bits per heavy atom. The van der Waals surface area contributed by atoms with Crippen LogP contribution in [0.3, 0.4) is 0 Å². The van der Waals surface area contributed by atoms with Crippen molar-refractivity contribution in [2.24, 2.45) is 0 Å². The zero-order valence-electron chi connectivity index (χ0n) is 12.3. The number of hydrogen-bond donors (Lipinski definition) is 2. The van der Waals surface area contributed by atoms with Crippen LogP contribution in [-0.4, -0.2) is 40.3 Å². The van der Waals surface area contributed by atoms with Crippen LogP contribution < -0.4 is 5.32 Å². The van der Waals surface area contributed by atoms with Gasteiger partial charge in [-0.05, 0) is 24.4 Å². The second kappa shape index (κ2) is 5.46. The van der Waals surface area contributed by atoms with E-state index >= 15 is 0 Å². The van der Waals surface area contributed by atoms with Crippen LogP contribution in [0.4, 0.5) is 0 Å². The number of aliphatic carboxylic acids is 1. The second-order valence-corrected chi connectivity index (χ2v) is 5.67. The molecule has 1 aromatic heterocycles. The van der Waals surface area contributed by atoms with Crippen LogP contribution in [0.15, 0.2) is 30.3 Å². The Hall–Kier alpha value is -2.34. The van der Waals surface area contributed by atoms with Gasteiger partial charge in [-0.2, -0.15) is 0 Å². The number of carboxylic acid groups (broad SMARTS) is 1. The second-order valence-electron chi connectivity index (χ2n) is 5.67. The molecule has 2 N–H and O–H groups in total. The average molecular weight is 302 g/mol. The van der Waals surface area contributed by atoms with Crippen LogP contribution in [0, 0.1) is 6.92 Å². The van der Waals surface area contributed by atoms with E-state index in [-0.39, 0.29) is 19.1 Å². The van der Waals surface area contributed by atoms with E-state index in [2.05, 4.69) is 5.32 Å². The molecule has 6 heteroatoms. The fraction of sp³-hybridized carbons (Fsp3) is 0.375. The lowest BCUT2D eigenvalue weighted by Gasteiger charge is -2.24. The zero-order chi connectivity index (χ0) is 15.7. The number of carbonyl (C=O) groups is 2. The van der Waals surface area contributed by atoms with Crippen LogP contribution in [0.1, 0.15) is 12.1 Å². The van der Waals surface area contributed by atoms with Crippen LogP contribution in [0.25, 0.3) is 10.9 Å². The SMILES string of the molecule is Cc1cc2ccccc2n1CC(=O)NC1(C(=O)O)CCOC1. The summed E-state index contributed by atoms with van der Waals surface area (Å²) in [6.07, 6.45) is 0.291. The third kappa shape index (κ3) is 2.46. The minimum atomic E-state index is -1.30. The van der Waals surface area contributed by atoms with Crippen molar-refractivity contribution in [1.82, 2.24) is 9.88 Å². The van der Waals surface area contributed by atoms with Gasteiger partial charge in [0.15, 0.2) is 5.54 Å². The first-order valence-corrected chi connectivity index (χ1v) is 7.19. The number of carbonyl (C=O) groups excluding carboxylic acids is 1. The van der Waals surface area contributed by atoms with Gasteiger partial charge in [0.25, 0.3) is 0 Å². The summed E-state index contributed by atoms with van der Waals surface area (Å²) in [5.41, 5.74) is 0.624. The van der Waals surface area contributed by atoms with Gasteiger partial charge in [-0.25, -0.2) is 4.79 Å². The van der Waals surface area contributed by atoms with Gasteiger partial charge < -0.3 is 19.7 Å². The number of amides is 1. The highest BCUT2D eigenvalue weighted by Gasteiger charge is 2.43. The summed E-state index contributed by atoms with van der Waals surface area (Å²) >= 11 is 0. The Morgan fingerprint density at radius 3 is 2.86 bits per heavy atom. The van der Waals surface area contributed by atoms with Gasteiger partial charge in [0.1, 0.15) is 6.54 Å². The number of aromatic nitrogens is 1. The molecule has 0 radical (unpaired) electrons. The predicted molar refractivity (Wildman–Crippen MR) is 80.6 cm³/mol. The first kappa shape index (κ1) is 14.6. The highest BCUT2D eigenvalue weighted by Crippen LogP contribution is 2.21. The number of rotatable bonds is 4. The van der Waals surface area contributed by atoms with E-state index in [4.69, 9.17) is 4.74 Å². The number of fused-ring (bicyclic) bond motifs is 1. The van der Waals surface area contributed by atoms with Gasteiger partial charge in [-0.3, -0.25) is 4.79 Å². The van der Waals surface area contributed by atoms with E-state index in [0.717, 1.165) is 16.6 Å². The zero-order valence-corrected chi connectivity index (χ0v) is 12.3. The van der Waals surface area contributed by atoms with Crippen molar-refractivity contribution >= 4 is 22.8 Å². The molecule has 1 atom stereocenters. The molecule has 3 rings (SSSR count). The molecule has 1 aliphatic rings. The molecule has 1 aliphatic heterocycles. The quantitative estimate of drug-likeness (QED) is 0.892. The number of ether oxygens (including phenoxy) is 1. The van der Waals surface area contributed by atoms with Gasteiger partial charge in [-0.1, -0.05) is 18.2 Å². The Morgan fingerprint density at radius 2 is 2.18 bits per heavy atom. The maximum absolute atomic E-state index is 12.3. The first-order valence-electron chi connectivity index (χ1n) is 7.19. The van der Waals surface area contributed by atoms with Crippen molar-refractivity contribution in [3.05, 3.63) is 36.0 Å². The molecule has 0 aliphatic carbocycles. The Balaban J connectivity index is 1.81. The topological polar surface area (TPSA) is 80.6 Å². The van der Waals surface area contributed by atoms with E-state index in [1.165, 1.54) is 0 Å². The van der Waals surface area contributed by atoms with Crippen molar-refractivity contribution in [1.29, 1.82) is 0 Å². The summed E-state index contributed by atoms with van der Waals surface area (Å²) in [6, 6.07) is 9.80. The maximum Gasteiger partial charge on any atom is 0.331 e. The fourth-order valence-electron chi connectivity index (χ4n) is 2.89. The van der Waals surface area contributed by atoms with Gasteiger partial charge in [-0.15, -0.1) is 0 Å². The number of nitrogens with one attached hydrogen (secondary N) is 1. The summed E-state index contributed by atoms with van der Waals surface area (Å²) in [7, 11) is 0. The molecule has 0 saturated carbocycles. The van der Waals surface area contributed by atoms with Crippen molar-refractivity contribution in [2.75, 3.05) is 13.2 Å². The van der Waals surface area contributed by atoms with E-state index in [0.29, 0.717) is 13.0 Å². The summed E-state index contributed by atoms with van der Waals surface area (Å²) in [5, 5.41) is 13.1. The molecule has 0 spiro atoms. The van der Waals surface area contributed by atoms with Gasteiger partial charge >= 0.3 is 5.97 Å². The molecule has 1 saturated heterocycles. The molecule has 1 fully saturated rings. The van der Waals surface area contributed by atoms with Crippen LogP contribution in [0.5, 0.6) is 0 Å². The number of para-hydroxylation sites is 1. The molecule has 1 amide bonds. The van der Waals surface area contributed by atoms with E-state index in [1.807, 2.05) is 41.8 Å². The first-order chi connectivity index (χ1) is 10.5. The monoisotopic (exact) mass is 302 g/mol. The lowest BCUT2D eigenvalue weighted by Crippen LogP contribution is -2.55. The van der Waals surface area contributed by atoms with Gasteiger partial charge in [0.05, 0.1) is 6.61 Å². The van der Waals surface area contributed by atoms with Crippen molar-refractivity contribution in [3.63, 3.8) is 0 Å². The standard InChI is InChI=1S/C16H18N2O4/c1-11-8-12-4-2-3-5-13(12)18(11)9-14(19)17-16(15(20)21)6-7-22-10-16/h2-5,8H,6-7,9-10H2,1H3,(H,17,19)(H,20,21). The molecular weight excluding hydrogens is 284 g/mol. The highest BCUT2D eigenvalue weighted by molar-refractivity contribution is 5.89. The lowest BCUT2D eigenvalue weighted by molar-refractivity contribution is -0.147. The largest absolute Gasteiger partial charge is 0.479 e. The molecule has 22 heavy (non-hydrogen) atoms. The van der Waals surface area contributed by atoms with Crippen LogP contribution in [-0.2, 0) is 20.9 Å². The summed E-state index contributed by atoms with van der Waals surface area (Å²) < 4.78 is 7.03. The summed E-state index contributed by atoms with van der Waals surface area (Å²) in [4.78, 5) is 23.8. The minimum absolute atomic E-state index is 0.0134. The fourth-order valence-corrected chi connectivity index (χ4v) is 2.89. The van der Waals surface area contributed by atoms with E-state index in [9.17, 15) is 14.7 Å². The highest BCUT2D eigenvalue weighted by atomic mass is 16.5. The number of carboxylic acids is 1. The van der Waals surface area contributed by atoms with E-state index in [1.54, 1.807) is 0 Å². The number of hydrogen-bond acceptors (Lipinski definition) is 3. The molecule has 1 unspecified atom stereocenters. The lowest BCUT2D eigenvalue weighted by atomic mass is 9.99. The molecule has 116 valence electrons. The third-order valence-electron chi connectivity index (χ3n) is 4.13. The van der Waals surface area contributed by atoms with Crippen molar-refractivity contribution < 1.29 is 19.4 Å². The van der Waals surface area contributed by atoms with Crippen molar-refractivity contribution in [3.8, 4) is 0 Å². The molecule has 0 bridgehead atoms. The molecular formula is C16H18N2O4. The molecule has 1 aromatic carbocycles. The van der Waals surface area contributed by atoms with Gasteiger partial charge in [0.2, 0.25) is 5.91 Å². The maximum atomic E-state index is 12.3. The number of aryl methyl sites for hydroxylation is 1. The molecule has 6 nitrogen and oxygen atoms in total. The van der Waals surface area contributed by atoms with Gasteiger partial charge in [0, 0.05) is 24.2 Å². The Kier molecular flexibility index (Phi) is 3.62. The number of nitrogens with zero attached hydrogens (tertiary/aromatic N) is 1. The Labute approximate surface area is 127 Å². The predicted octanol–water partition coefficient (Wildman–Crippen LogP) is 1.31. The number of benzene rings is 1. The third-order valence-corrected chi connectivity index (χ3v) is 4.13. The molecule has 2 heterocycles. The van der Waals surface area contributed by atoms with Crippen molar-refractivity contribution in [2.45, 2.75) is 25.4 Å². The van der Waals surface area contributed by atoms with Crippen LogP contribution in [0.2, 0.25) is 0 Å². The molecule has 2 aromatic rings. The summed E-state index contributed by atoms with van der Waals surface area (Å²) in [6.45, 7) is 2.38. The average Bonchev–Trinajstić information content (AvgIpc) is 3.06. The summed E-state index contributed by atoms with van der Waals surface area (Å²) in [5.74, 6) is -1.37. The smallest absolute Gasteiger partial charge is 0.331 e.